The molecule has 2 amide bonds. The van der Waals surface area contributed by atoms with Crippen LogP contribution in [0.1, 0.15) is 27.0 Å². The number of aliphatic hydroxyl groups excluding tert-OH is 1. The van der Waals surface area contributed by atoms with Gasteiger partial charge < -0.3 is 10.4 Å². The normalized spacial score (nSPS) is 11.1. The molecular weight excluding hydrogens is 382 g/mol. The number of hydrazine groups is 1. The van der Waals surface area contributed by atoms with Gasteiger partial charge in [-0.3, -0.25) is 9.59 Å². The van der Waals surface area contributed by atoms with Crippen LogP contribution in [0.3, 0.4) is 0 Å². The van der Waals surface area contributed by atoms with Gasteiger partial charge in [-0.2, -0.15) is 10.5 Å². The van der Waals surface area contributed by atoms with E-state index in [2.05, 4.69) is 5.32 Å². The van der Waals surface area contributed by atoms with E-state index >= 15 is 0 Å². The van der Waals surface area contributed by atoms with Crippen molar-refractivity contribution in [1.82, 2.24) is 5.01 Å². The number of nitrogens with one attached hydrogen (secondary N) is 1. The van der Waals surface area contributed by atoms with Gasteiger partial charge in [-0.05, 0) is 48.9 Å². The van der Waals surface area contributed by atoms with Crippen molar-refractivity contribution in [2.24, 2.45) is 5.84 Å². The van der Waals surface area contributed by atoms with Crippen molar-refractivity contribution < 1.29 is 14.7 Å². The lowest BCUT2D eigenvalue weighted by molar-refractivity contribution is -0.130. The molecule has 8 nitrogen and oxygen atoms in total. The fraction of sp³-hybridized carbons (Fsp3) is 0.158. The van der Waals surface area contributed by atoms with Crippen molar-refractivity contribution in [3.8, 4) is 12.1 Å². The zero-order chi connectivity index (χ0) is 20.8. The molecule has 0 aliphatic carbocycles. The Balaban J connectivity index is 2.20. The molecule has 28 heavy (non-hydrogen) atoms. The van der Waals surface area contributed by atoms with Gasteiger partial charge in [0.25, 0.3) is 11.8 Å². The number of hydrogen-bond donors (Lipinski definition) is 3. The number of imide groups is 1. The van der Waals surface area contributed by atoms with Gasteiger partial charge in [0.2, 0.25) is 0 Å². The molecular formula is C19H16ClN5O3. The van der Waals surface area contributed by atoms with E-state index in [1.54, 1.807) is 13.0 Å². The second-order valence-corrected chi connectivity index (χ2v) is 6.17. The SMILES string of the molecule is Cc1c(NC(CO)C(=O)N(N)C(=O)c2ccc(C#N)cc2)ccc(C#N)c1Cl. The van der Waals surface area contributed by atoms with Crippen molar-refractivity contribution in [3.05, 3.63) is 63.7 Å². The van der Waals surface area contributed by atoms with Crippen LogP contribution in [0.4, 0.5) is 5.69 Å². The van der Waals surface area contributed by atoms with E-state index in [1.165, 1.54) is 30.3 Å². The molecule has 0 aliphatic rings. The lowest BCUT2D eigenvalue weighted by Gasteiger charge is -2.23. The zero-order valence-corrected chi connectivity index (χ0v) is 15.6. The molecule has 1 atom stereocenters. The summed E-state index contributed by atoms with van der Waals surface area (Å²) in [7, 11) is 0. The number of halogens is 1. The molecule has 1 unspecified atom stereocenters. The first-order valence-corrected chi connectivity index (χ1v) is 8.41. The van der Waals surface area contributed by atoms with E-state index in [0.29, 0.717) is 21.8 Å². The smallest absolute Gasteiger partial charge is 0.274 e. The van der Waals surface area contributed by atoms with Gasteiger partial charge in [-0.15, -0.1) is 0 Å². The van der Waals surface area contributed by atoms with Crippen LogP contribution in [-0.4, -0.2) is 34.6 Å². The van der Waals surface area contributed by atoms with Crippen LogP contribution in [0.2, 0.25) is 5.02 Å². The maximum Gasteiger partial charge on any atom is 0.274 e. The summed E-state index contributed by atoms with van der Waals surface area (Å²) >= 11 is 6.10. The Kier molecular flexibility index (Phi) is 6.69. The van der Waals surface area contributed by atoms with Crippen LogP contribution < -0.4 is 11.2 Å². The van der Waals surface area contributed by atoms with Crippen molar-refractivity contribution in [3.63, 3.8) is 0 Å². The fourth-order valence-electron chi connectivity index (χ4n) is 2.40. The Bertz CT molecular complexity index is 992. The van der Waals surface area contributed by atoms with Crippen LogP contribution in [0, 0.1) is 29.6 Å². The van der Waals surface area contributed by atoms with E-state index in [-0.39, 0.29) is 16.1 Å². The number of nitrogens with zero attached hydrogens (tertiary/aromatic N) is 3. The van der Waals surface area contributed by atoms with E-state index in [0.717, 1.165) is 0 Å². The highest BCUT2D eigenvalue weighted by molar-refractivity contribution is 6.32. The topological polar surface area (TPSA) is 143 Å². The van der Waals surface area contributed by atoms with Crippen LogP contribution in [0.25, 0.3) is 0 Å². The van der Waals surface area contributed by atoms with Crippen molar-refractivity contribution >= 4 is 29.1 Å². The molecule has 2 rings (SSSR count). The monoisotopic (exact) mass is 397 g/mol. The lowest BCUT2D eigenvalue weighted by Crippen LogP contribution is -2.51. The van der Waals surface area contributed by atoms with Gasteiger partial charge in [0.15, 0.2) is 0 Å². The van der Waals surface area contributed by atoms with Gasteiger partial charge in [0, 0.05) is 11.3 Å². The lowest BCUT2D eigenvalue weighted by atomic mass is 10.1. The number of amides is 2. The summed E-state index contributed by atoms with van der Waals surface area (Å²) < 4.78 is 0. The summed E-state index contributed by atoms with van der Waals surface area (Å²) in [5, 5.41) is 30.8. The van der Waals surface area contributed by atoms with Crippen LogP contribution in [0.5, 0.6) is 0 Å². The first kappa shape index (κ1) is 20.9. The van der Waals surface area contributed by atoms with Crippen molar-refractivity contribution in [1.29, 1.82) is 10.5 Å². The zero-order valence-electron chi connectivity index (χ0n) is 14.8. The molecule has 0 saturated heterocycles. The first-order valence-electron chi connectivity index (χ1n) is 8.03. The van der Waals surface area contributed by atoms with Gasteiger partial charge >= 0.3 is 0 Å². The number of hydrogen-bond acceptors (Lipinski definition) is 7. The van der Waals surface area contributed by atoms with Crippen LogP contribution in [0.15, 0.2) is 36.4 Å². The number of carbonyl (C=O) groups excluding carboxylic acids is 2. The summed E-state index contributed by atoms with van der Waals surface area (Å²) in [6, 6.07) is 11.3. The number of nitrogens with two attached hydrogens (primary N) is 1. The Hall–Kier alpha value is -3.43. The molecule has 0 spiro atoms. The van der Waals surface area contributed by atoms with E-state index in [9.17, 15) is 14.7 Å². The number of aliphatic hydroxyl groups is 1. The Morgan fingerprint density at radius 3 is 2.39 bits per heavy atom. The molecule has 142 valence electrons. The van der Waals surface area contributed by atoms with Gasteiger partial charge in [0.05, 0.1) is 28.8 Å². The minimum atomic E-state index is -1.21. The molecule has 2 aromatic carbocycles. The van der Waals surface area contributed by atoms with Gasteiger partial charge in [0.1, 0.15) is 12.1 Å². The average molecular weight is 398 g/mol. The van der Waals surface area contributed by atoms with Crippen molar-refractivity contribution in [2.45, 2.75) is 13.0 Å². The van der Waals surface area contributed by atoms with Crippen molar-refractivity contribution in [2.75, 3.05) is 11.9 Å². The second-order valence-electron chi connectivity index (χ2n) is 5.79. The molecule has 0 radical (unpaired) electrons. The van der Waals surface area contributed by atoms with E-state index in [4.69, 9.17) is 28.0 Å². The molecule has 4 N–H and O–H groups in total. The van der Waals surface area contributed by atoms with Crippen LogP contribution >= 0.6 is 11.6 Å². The number of benzene rings is 2. The maximum atomic E-state index is 12.6. The summed E-state index contributed by atoms with van der Waals surface area (Å²) in [4.78, 5) is 24.9. The second kappa shape index (κ2) is 8.98. The Labute approximate surface area is 166 Å². The predicted molar refractivity (Wildman–Crippen MR) is 102 cm³/mol. The molecule has 0 heterocycles. The summed E-state index contributed by atoms with van der Waals surface area (Å²) in [5.74, 6) is 4.00. The Morgan fingerprint density at radius 1 is 1.21 bits per heavy atom. The molecule has 0 aromatic heterocycles. The van der Waals surface area contributed by atoms with E-state index < -0.39 is 24.5 Å². The largest absolute Gasteiger partial charge is 0.394 e. The molecule has 0 aliphatic heterocycles. The highest BCUT2D eigenvalue weighted by Gasteiger charge is 2.28. The molecule has 0 bridgehead atoms. The summed E-state index contributed by atoms with van der Waals surface area (Å²) in [6.45, 7) is 1.01. The predicted octanol–water partition coefficient (Wildman–Crippen LogP) is 1.71. The minimum Gasteiger partial charge on any atom is -0.394 e. The number of nitriles is 2. The summed E-state index contributed by atoms with van der Waals surface area (Å²) in [6.07, 6.45) is 0. The number of anilines is 1. The van der Waals surface area contributed by atoms with Gasteiger partial charge in [-0.1, -0.05) is 11.6 Å². The standard InChI is InChI=1S/C19H16ClN5O3/c1-11-15(7-6-14(9-22)17(11)20)24-16(10-26)19(28)25(23)18(27)13-4-2-12(8-21)3-5-13/h2-7,16,24,26H,10,23H2,1H3. The van der Waals surface area contributed by atoms with E-state index in [1.807, 2.05) is 12.1 Å². The molecule has 0 saturated carbocycles. The molecule has 2 aromatic rings. The summed E-state index contributed by atoms with van der Waals surface area (Å²) in [5.41, 5.74) is 1.66. The highest BCUT2D eigenvalue weighted by atomic mass is 35.5. The maximum absolute atomic E-state index is 12.6. The first-order chi connectivity index (χ1) is 13.3. The Morgan fingerprint density at radius 2 is 1.86 bits per heavy atom. The number of carbonyl (C=O) groups is 2. The third-order valence-corrected chi connectivity index (χ3v) is 4.52. The average Bonchev–Trinajstić information content (AvgIpc) is 2.73. The third-order valence-electron chi connectivity index (χ3n) is 4.03. The number of rotatable bonds is 5. The minimum absolute atomic E-state index is 0.115. The quantitative estimate of drug-likeness (QED) is 0.395. The van der Waals surface area contributed by atoms with Crippen LogP contribution in [-0.2, 0) is 4.79 Å². The molecule has 9 heteroatoms. The molecule has 0 fully saturated rings. The highest BCUT2D eigenvalue weighted by Crippen LogP contribution is 2.27. The fourth-order valence-corrected chi connectivity index (χ4v) is 2.60. The van der Waals surface area contributed by atoms with Gasteiger partial charge in [-0.25, -0.2) is 10.9 Å². The third kappa shape index (κ3) is 4.27.